The Morgan fingerprint density at radius 1 is 1.38 bits per heavy atom. The van der Waals surface area contributed by atoms with E-state index in [2.05, 4.69) is 10.4 Å². The first-order valence-corrected chi connectivity index (χ1v) is 7.27. The molecule has 1 heterocycles. The number of hydrogen-bond acceptors (Lipinski definition) is 3. The van der Waals surface area contributed by atoms with Crippen LogP contribution < -0.4 is 10.9 Å². The SMILES string of the molecule is O=c1cc(NC2CCC2)cnn1Cc1cc(Cl)ccc1F. The molecule has 6 heteroatoms. The van der Waals surface area contributed by atoms with Gasteiger partial charge < -0.3 is 5.32 Å². The Kier molecular flexibility index (Phi) is 3.92. The summed E-state index contributed by atoms with van der Waals surface area (Å²) in [5, 5.41) is 7.78. The lowest BCUT2D eigenvalue weighted by Gasteiger charge is -2.27. The molecule has 0 amide bonds. The average molecular weight is 308 g/mol. The molecule has 0 saturated heterocycles. The van der Waals surface area contributed by atoms with Crippen LogP contribution in [-0.2, 0) is 6.54 Å². The van der Waals surface area contributed by atoms with Crippen LogP contribution >= 0.6 is 11.6 Å². The molecule has 1 aromatic heterocycles. The third-order valence-electron chi connectivity index (χ3n) is 3.67. The highest BCUT2D eigenvalue weighted by Gasteiger charge is 2.17. The molecule has 0 atom stereocenters. The lowest BCUT2D eigenvalue weighted by atomic mass is 9.93. The molecular formula is C15H15ClFN3O. The zero-order valence-electron chi connectivity index (χ0n) is 11.4. The molecule has 2 aromatic rings. The van der Waals surface area contributed by atoms with Gasteiger partial charge in [-0.1, -0.05) is 11.6 Å². The van der Waals surface area contributed by atoms with Gasteiger partial charge in [0.15, 0.2) is 0 Å². The van der Waals surface area contributed by atoms with Gasteiger partial charge in [0.2, 0.25) is 0 Å². The second kappa shape index (κ2) is 5.85. The Labute approximate surface area is 126 Å². The van der Waals surface area contributed by atoms with Gasteiger partial charge in [-0.2, -0.15) is 5.10 Å². The monoisotopic (exact) mass is 307 g/mol. The number of rotatable bonds is 4. The lowest BCUT2D eigenvalue weighted by Crippen LogP contribution is -2.29. The maximum Gasteiger partial charge on any atom is 0.269 e. The first-order chi connectivity index (χ1) is 10.1. The van der Waals surface area contributed by atoms with E-state index in [0.29, 0.717) is 22.3 Å². The van der Waals surface area contributed by atoms with E-state index in [1.165, 1.54) is 35.4 Å². The molecule has 1 saturated carbocycles. The molecule has 21 heavy (non-hydrogen) atoms. The third kappa shape index (κ3) is 3.24. The zero-order valence-corrected chi connectivity index (χ0v) is 12.1. The summed E-state index contributed by atoms with van der Waals surface area (Å²) < 4.78 is 14.9. The van der Waals surface area contributed by atoms with Crippen molar-refractivity contribution in [3.05, 3.63) is 57.2 Å². The van der Waals surface area contributed by atoms with Gasteiger partial charge in [-0.25, -0.2) is 9.07 Å². The van der Waals surface area contributed by atoms with E-state index in [-0.39, 0.29) is 12.1 Å². The molecule has 3 rings (SSSR count). The second-order valence-corrected chi connectivity index (χ2v) is 5.68. The van der Waals surface area contributed by atoms with Gasteiger partial charge in [0, 0.05) is 22.7 Å². The van der Waals surface area contributed by atoms with Crippen LogP contribution in [0.3, 0.4) is 0 Å². The van der Waals surface area contributed by atoms with Gasteiger partial charge in [-0.05, 0) is 37.5 Å². The predicted octanol–water partition coefficient (Wildman–Crippen LogP) is 3.05. The summed E-state index contributed by atoms with van der Waals surface area (Å²) in [6, 6.07) is 6.20. The fourth-order valence-corrected chi connectivity index (χ4v) is 2.44. The normalized spacial score (nSPS) is 14.8. The van der Waals surface area contributed by atoms with Crippen molar-refractivity contribution in [3.63, 3.8) is 0 Å². The molecule has 4 nitrogen and oxygen atoms in total. The van der Waals surface area contributed by atoms with Crippen molar-refractivity contribution in [2.24, 2.45) is 0 Å². The number of nitrogens with one attached hydrogen (secondary N) is 1. The maximum atomic E-state index is 13.7. The van der Waals surface area contributed by atoms with E-state index >= 15 is 0 Å². The van der Waals surface area contributed by atoms with Crippen LogP contribution in [0.25, 0.3) is 0 Å². The van der Waals surface area contributed by atoms with Gasteiger partial charge in [-0.15, -0.1) is 0 Å². The molecule has 0 aliphatic heterocycles. The van der Waals surface area contributed by atoms with Crippen molar-refractivity contribution in [3.8, 4) is 0 Å². The average Bonchev–Trinajstić information content (AvgIpc) is 2.41. The van der Waals surface area contributed by atoms with Gasteiger partial charge in [0.1, 0.15) is 5.82 Å². The van der Waals surface area contributed by atoms with E-state index in [1.54, 1.807) is 6.20 Å². The summed E-state index contributed by atoms with van der Waals surface area (Å²) in [6.07, 6.45) is 5.06. The Balaban J connectivity index is 1.79. The highest BCUT2D eigenvalue weighted by atomic mass is 35.5. The topological polar surface area (TPSA) is 46.9 Å². The summed E-state index contributed by atoms with van der Waals surface area (Å²) in [6.45, 7) is 0.0644. The number of benzene rings is 1. The van der Waals surface area contributed by atoms with Crippen LogP contribution in [0.4, 0.5) is 10.1 Å². The summed E-state index contributed by atoms with van der Waals surface area (Å²) in [5.74, 6) is -0.398. The van der Waals surface area contributed by atoms with Crippen molar-refractivity contribution < 1.29 is 4.39 Å². The molecule has 0 radical (unpaired) electrons. The van der Waals surface area contributed by atoms with Crippen LogP contribution in [0.2, 0.25) is 5.02 Å². The van der Waals surface area contributed by atoms with E-state index in [9.17, 15) is 9.18 Å². The Morgan fingerprint density at radius 2 is 2.19 bits per heavy atom. The van der Waals surface area contributed by atoms with Crippen LogP contribution in [-0.4, -0.2) is 15.8 Å². The predicted molar refractivity (Wildman–Crippen MR) is 80.3 cm³/mol. The fourth-order valence-electron chi connectivity index (χ4n) is 2.25. The van der Waals surface area contributed by atoms with E-state index in [1.807, 2.05) is 0 Å². The van der Waals surface area contributed by atoms with Gasteiger partial charge >= 0.3 is 0 Å². The van der Waals surface area contributed by atoms with Crippen LogP contribution in [0.5, 0.6) is 0 Å². The van der Waals surface area contributed by atoms with Crippen molar-refractivity contribution in [1.29, 1.82) is 0 Å². The smallest absolute Gasteiger partial charge is 0.269 e. The standard InChI is InChI=1S/C15H15ClFN3O/c16-11-4-5-14(17)10(6-11)9-20-15(21)7-13(8-18-20)19-12-2-1-3-12/h4-8,12,19H,1-3,9H2. The molecular weight excluding hydrogens is 293 g/mol. The molecule has 0 bridgehead atoms. The Bertz CT molecular complexity index is 712. The van der Waals surface area contributed by atoms with Gasteiger partial charge in [-0.3, -0.25) is 4.79 Å². The van der Waals surface area contributed by atoms with Crippen molar-refractivity contribution in [2.45, 2.75) is 31.8 Å². The Morgan fingerprint density at radius 3 is 2.86 bits per heavy atom. The van der Waals surface area contributed by atoms with Crippen LogP contribution in [0.1, 0.15) is 24.8 Å². The van der Waals surface area contributed by atoms with Crippen molar-refractivity contribution >= 4 is 17.3 Å². The molecule has 1 aromatic carbocycles. The highest BCUT2D eigenvalue weighted by molar-refractivity contribution is 6.30. The summed E-state index contributed by atoms with van der Waals surface area (Å²) >= 11 is 5.84. The number of nitrogens with zero attached hydrogens (tertiary/aromatic N) is 2. The van der Waals surface area contributed by atoms with Crippen LogP contribution in [0.15, 0.2) is 35.3 Å². The number of hydrogen-bond donors (Lipinski definition) is 1. The van der Waals surface area contributed by atoms with Crippen molar-refractivity contribution in [1.82, 2.24) is 9.78 Å². The van der Waals surface area contributed by atoms with Gasteiger partial charge in [0.05, 0.1) is 18.4 Å². The lowest BCUT2D eigenvalue weighted by molar-refractivity contribution is 0.445. The minimum absolute atomic E-state index is 0.0644. The second-order valence-electron chi connectivity index (χ2n) is 5.25. The molecule has 110 valence electrons. The van der Waals surface area contributed by atoms with E-state index in [4.69, 9.17) is 11.6 Å². The minimum Gasteiger partial charge on any atom is -0.381 e. The van der Waals surface area contributed by atoms with Crippen molar-refractivity contribution in [2.75, 3.05) is 5.32 Å². The molecule has 1 N–H and O–H groups in total. The number of halogens is 2. The molecule has 1 aliphatic rings. The molecule has 1 fully saturated rings. The number of aromatic nitrogens is 2. The van der Waals surface area contributed by atoms with Crippen LogP contribution in [0, 0.1) is 5.82 Å². The third-order valence-corrected chi connectivity index (χ3v) is 3.91. The van der Waals surface area contributed by atoms with Gasteiger partial charge in [0.25, 0.3) is 5.56 Å². The first-order valence-electron chi connectivity index (χ1n) is 6.89. The maximum absolute atomic E-state index is 13.7. The summed E-state index contributed by atoms with van der Waals surface area (Å²) in [5.41, 5.74) is 0.794. The first kappa shape index (κ1) is 14.1. The van der Waals surface area contributed by atoms with E-state index in [0.717, 1.165) is 12.8 Å². The summed E-state index contributed by atoms with van der Waals surface area (Å²) in [4.78, 5) is 12.0. The molecule has 1 aliphatic carbocycles. The summed E-state index contributed by atoms with van der Waals surface area (Å²) in [7, 11) is 0. The largest absolute Gasteiger partial charge is 0.381 e. The molecule has 0 unspecified atom stereocenters. The van der Waals surface area contributed by atoms with E-state index < -0.39 is 5.82 Å². The Hall–Kier alpha value is -1.88. The quantitative estimate of drug-likeness (QED) is 0.944. The highest BCUT2D eigenvalue weighted by Crippen LogP contribution is 2.22. The number of anilines is 1. The minimum atomic E-state index is -0.398. The fraction of sp³-hybridized carbons (Fsp3) is 0.333. The zero-order chi connectivity index (χ0) is 14.8. The molecule has 0 spiro atoms.